The van der Waals surface area contributed by atoms with Crippen molar-refractivity contribution in [1.82, 2.24) is 0 Å². The van der Waals surface area contributed by atoms with Gasteiger partial charge in [0, 0.05) is 5.69 Å². The fourth-order valence-electron chi connectivity index (χ4n) is 2.91. The summed E-state index contributed by atoms with van der Waals surface area (Å²) in [7, 11) is 0. The molecule has 3 rings (SSSR count). The lowest BCUT2D eigenvalue weighted by Gasteiger charge is -2.12. The monoisotopic (exact) mass is 601 g/mol. The maximum atomic E-state index is 12.5. The van der Waals surface area contributed by atoms with Crippen LogP contribution in [0.2, 0.25) is 5.02 Å². The number of amides is 2. The first-order valence-corrected chi connectivity index (χ1v) is 11.9. The molecule has 0 saturated carbocycles. The molecule has 0 aliphatic rings. The SMILES string of the molecule is Cc1ccccc1NC(=O)COc1c(Br)cc(/C=C(\C#N)C(=O)Nc2ccccc2Cl)cc1Br. The quantitative estimate of drug-likeness (QED) is 0.231. The third-order valence-corrected chi connectivity index (χ3v) is 6.09. The van der Waals surface area contributed by atoms with E-state index in [1.54, 1.807) is 36.4 Å². The van der Waals surface area contributed by atoms with E-state index in [0.717, 1.165) is 5.56 Å². The second-order valence-corrected chi connectivity index (χ2v) is 9.19. The summed E-state index contributed by atoms with van der Waals surface area (Å²) in [4.78, 5) is 24.8. The van der Waals surface area contributed by atoms with Crippen molar-refractivity contribution in [2.45, 2.75) is 6.92 Å². The van der Waals surface area contributed by atoms with Crippen molar-refractivity contribution in [3.63, 3.8) is 0 Å². The molecule has 0 aliphatic heterocycles. The zero-order valence-electron chi connectivity index (χ0n) is 17.9. The number of anilines is 2. The molecule has 0 atom stereocenters. The third kappa shape index (κ3) is 6.70. The van der Waals surface area contributed by atoms with Crippen LogP contribution in [0.3, 0.4) is 0 Å². The first kappa shape index (κ1) is 25.5. The molecule has 0 radical (unpaired) electrons. The van der Waals surface area contributed by atoms with Crippen molar-refractivity contribution in [1.29, 1.82) is 5.26 Å². The van der Waals surface area contributed by atoms with E-state index in [1.807, 2.05) is 37.3 Å². The van der Waals surface area contributed by atoms with E-state index < -0.39 is 5.91 Å². The minimum atomic E-state index is -0.587. The van der Waals surface area contributed by atoms with Crippen molar-refractivity contribution in [2.75, 3.05) is 17.2 Å². The molecular weight excluding hydrogens is 586 g/mol. The number of hydrogen-bond acceptors (Lipinski definition) is 4. The van der Waals surface area contributed by atoms with Gasteiger partial charge >= 0.3 is 0 Å². The van der Waals surface area contributed by atoms with Gasteiger partial charge < -0.3 is 15.4 Å². The molecule has 3 aromatic rings. The van der Waals surface area contributed by atoms with Crippen LogP contribution in [-0.4, -0.2) is 18.4 Å². The molecular formula is C25H18Br2ClN3O3. The first-order valence-electron chi connectivity index (χ1n) is 9.93. The van der Waals surface area contributed by atoms with E-state index in [1.165, 1.54) is 6.08 Å². The molecule has 0 unspecified atom stereocenters. The average Bonchev–Trinajstić information content (AvgIpc) is 2.80. The summed E-state index contributed by atoms with van der Waals surface area (Å²) in [5.74, 6) is -0.479. The van der Waals surface area contributed by atoms with E-state index in [2.05, 4.69) is 42.5 Å². The molecule has 6 nitrogen and oxygen atoms in total. The number of benzene rings is 3. The Morgan fingerprint density at radius 3 is 2.26 bits per heavy atom. The molecule has 9 heteroatoms. The molecule has 2 N–H and O–H groups in total. The number of aryl methyl sites for hydroxylation is 1. The number of nitrogens with zero attached hydrogens (tertiary/aromatic N) is 1. The molecule has 0 bridgehead atoms. The molecule has 172 valence electrons. The van der Waals surface area contributed by atoms with E-state index in [0.29, 0.717) is 36.7 Å². The number of halogens is 3. The van der Waals surface area contributed by atoms with Crippen LogP contribution >= 0.6 is 43.5 Å². The van der Waals surface area contributed by atoms with Gasteiger partial charge in [0.2, 0.25) is 0 Å². The van der Waals surface area contributed by atoms with Gasteiger partial charge in [0.25, 0.3) is 11.8 Å². The van der Waals surface area contributed by atoms with Crippen LogP contribution in [0.1, 0.15) is 11.1 Å². The summed E-state index contributed by atoms with van der Waals surface area (Å²) in [6, 6.07) is 19.5. The van der Waals surface area contributed by atoms with E-state index in [9.17, 15) is 14.9 Å². The van der Waals surface area contributed by atoms with Crippen molar-refractivity contribution in [3.8, 4) is 11.8 Å². The van der Waals surface area contributed by atoms with E-state index >= 15 is 0 Å². The summed E-state index contributed by atoms with van der Waals surface area (Å²) in [6.45, 7) is 1.70. The average molecular weight is 604 g/mol. The van der Waals surface area contributed by atoms with Gasteiger partial charge in [-0.25, -0.2) is 0 Å². The van der Waals surface area contributed by atoms with Crippen LogP contribution in [0.4, 0.5) is 11.4 Å². The number of carbonyl (C=O) groups excluding carboxylic acids is 2. The van der Waals surface area contributed by atoms with Gasteiger partial charge in [0.05, 0.1) is 19.7 Å². The predicted octanol–water partition coefficient (Wildman–Crippen LogP) is 6.74. The summed E-state index contributed by atoms with van der Waals surface area (Å²) in [5, 5.41) is 15.3. The van der Waals surface area contributed by atoms with Gasteiger partial charge in [-0.3, -0.25) is 9.59 Å². The molecule has 34 heavy (non-hydrogen) atoms. The molecule has 0 aromatic heterocycles. The van der Waals surface area contributed by atoms with Crippen LogP contribution in [0.15, 0.2) is 75.2 Å². The fourth-order valence-corrected chi connectivity index (χ4v) is 4.54. The molecule has 0 aliphatic carbocycles. The smallest absolute Gasteiger partial charge is 0.266 e. The lowest BCUT2D eigenvalue weighted by Crippen LogP contribution is -2.20. The van der Waals surface area contributed by atoms with Gasteiger partial charge in [0.1, 0.15) is 17.4 Å². The van der Waals surface area contributed by atoms with Crippen LogP contribution in [-0.2, 0) is 9.59 Å². The van der Waals surface area contributed by atoms with Gasteiger partial charge in [-0.05, 0) is 86.3 Å². The number of rotatable bonds is 7. The minimum absolute atomic E-state index is 0.106. The Morgan fingerprint density at radius 2 is 1.65 bits per heavy atom. The molecule has 3 aromatic carbocycles. The maximum absolute atomic E-state index is 12.5. The number of nitriles is 1. The Bertz CT molecular complexity index is 1300. The Balaban J connectivity index is 1.71. The third-order valence-electron chi connectivity index (χ3n) is 4.59. The van der Waals surface area contributed by atoms with Gasteiger partial charge in [-0.15, -0.1) is 0 Å². The number of carbonyl (C=O) groups is 2. The topological polar surface area (TPSA) is 91.2 Å². The molecule has 2 amide bonds. The Kier molecular flexibility index (Phi) is 8.88. The largest absolute Gasteiger partial charge is 0.481 e. The highest BCUT2D eigenvalue weighted by Gasteiger charge is 2.15. The summed E-state index contributed by atoms with van der Waals surface area (Å²) in [5.41, 5.74) is 2.53. The van der Waals surface area contributed by atoms with Crippen LogP contribution in [0, 0.1) is 18.3 Å². The van der Waals surface area contributed by atoms with Gasteiger partial charge in [-0.1, -0.05) is 41.9 Å². The zero-order chi connectivity index (χ0) is 24.7. The number of nitrogens with one attached hydrogen (secondary N) is 2. The van der Waals surface area contributed by atoms with Crippen molar-refractivity contribution < 1.29 is 14.3 Å². The number of ether oxygens (including phenoxy) is 1. The lowest BCUT2D eigenvalue weighted by molar-refractivity contribution is -0.118. The molecule has 0 spiro atoms. The molecule has 0 fully saturated rings. The number of para-hydroxylation sites is 2. The number of hydrogen-bond donors (Lipinski definition) is 2. The van der Waals surface area contributed by atoms with Gasteiger partial charge in [0.15, 0.2) is 6.61 Å². The van der Waals surface area contributed by atoms with E-state index in [-0.39, 0.29) is 18.1 Å². The Hall–Kier alpha value is -3.12. The second kappa shape index (κ2) is 11.8. The first-order chi connectivity index (χ1) is 16.3. The normalized spacial score (nSPS) is 10.9. The standard InChI is InChI=1S/C25H18Br2ClN3O3/c1-15-6-2-4-8-21(15)30-23(32)14-34-24-18(26)11-16(12-19(24)27)10-17(13-29)25(33)31-22-9-5-3-7-20(22)28/h2-12H,14H2,1H3,(H,30,32)(H,31,33)/b17-10+. The Morgan fingerprint density at radius 1 is 1.03 bits per heavy atom. The van der Waals surface area contributed by atoms with Gasteiger partial charge in [-0.2, -0.15) is 5.26 Å². The summed E-state index contributed by atoms with van der Waals surface area (Å²) in [6.07, 6.45) is 1.44. The Labute approximate surface area is 218 Å². The highest BCUT2D eigenvalue weighted by atomic mass is 79.9. The minimum Gasteiger partial charge on any atom is -0.481 e. The van der Waals surface area contributed by atoms with Crippen molar-refractivity contribution >= 4 is 72.7 Å². The van der Waals surface area contributed by atoms with Crippen molar-refractivity contribution in [3.05, 3.63) is 91.3 Å². The van der Waals surface area contributed by atoms with Crippen molar-refractivity contribution in [2.24, 2.45) is 0 Å². The lowest BCUT2D eigenvalue weighted by atomic mass is 10.1. The van der Waals surface area contributed by atoms with Crippen LogP contribution in [0.5, 0.6) is 5.75 Å². The van der Waals surface area contributed by atoms with Crippen LogP contribution < -0.4 is 15.4 Å². The van der Waals surface area contributed by atoms with E-state index in [4.69, 9.17) is 16.3 Å². The summed E-state index contributed by atoms with van der Waals surface area (Å²) >= 11 is 12.9. The predicted molar refractivity (Wildman–Crippen MR) is 141 cm³/mol. The molecule has 0 saturated heterocycles. The second-order valence-electron chi connectivity index (χ2n) is 7.07. The zero-order valence-corrected chi connectivity index (χ0v) is 21.8. The fraction of sp³-hybridized carbons (Fsp3) is 0.0800. The summed E-state index contributed by atoms with van der Waals surface area (Å²) < 4.78 is 6.77. The highest BCUT2D eigenvalue weighted by Crippen LogP contribution is 2.35. The highest BCUT2D eigenvalue weighted by molar-refractivity contribution is 9.11. The maximum Gasteiger partial charge on any atom is 0.266 e. The molecule has 0 heterocycles. The van der Waals surface area contributed by atoms with Crippen LogP contribution in [0.25, 0.3) is 6.08 Å².